The number of anilines is 2. The van der Waals surface area contributed by atoms with Gasteiger partial charge in [-0.1, -0.05) is 0 Å². The SMILES string of the molecule is COCCNc1nccc(C(=O)Nc2ccc(OC)cc2OC)n1. The monoisotopic (exact) mass is 332 g/mol. The lowest BCUT2D eigenvalue weighted by Gasteiger charge is -2.11. The van der Waals surface area contributed by atoms with Gasteiger partial charge in [0.25, 0.3) is 5.91 Å². The normalized spacial score (nSPS) is 10.1. The minimum absolute atomic E-state index is 0.239. The van der Waals surface area contributed by atoms with Gasteiger partial charge in [0.05, 0.1) is 26.5 Å². The summed E-state index contributed by atoms with van der Waals surface area (Å²) in [5, 5.41) is 5.74. The van der Waals surface area contributed by atoms with Crippen LogP contribution < -0.4 is 20.1 Å². The first-order valence-electron chi connectivity index (χ1n) is 7.27. The third-order valence-electron chi connectivity index (χ3n) is 3.13. The Morgan fingerprint density at radius 2 is 2.00 bits per heavy atom. The molecule has 0 radical (unpaired) electrons. The molecule has 8 nitrogen and oxygen atoms in total. The molecule has 24 heavy (non-hydrogen) atoms. The Balaban J connectivity index is 2.11. The predicted octanol–water partition coefficient (Wildman–Crippen LogP) is 1.80. The quantitative estimate of drug-likeness (QED) is 0.712. The number of hydrogen-bond donors (Lipinski definition) is 2. The van der Waals surface area contributed by atoms with Gasteiger partial charge in [-0.05, 0) is 18.2 Å². The number of ether oxygens (including phenoxy) is 3. The zero-order chi connectivity index (χ0) is 17.4. The van der Waals surface area contributed by atoms with Gasteiger partial charge >= 0.3 is 0 Å². The molecule has 0 aliphatic rings. The molecule has 0 aliphatic heterocycles. The van der Waals surface area contributed by atoms with Gasteiger partial charge in [-0.3, -0.25) is 4.79 Å². The third-order valence-corrected chi connectivity index (χ3v) is 3.13. The van der Waals surface area contributed by atoms with Crippen LogP contribution >= 0.6 is 0 Å². The summed E-state index contributed by atoms with van der Waals surface area (Å²) < 4.78 is 15.3. The maximum Gasteiger partial charge on any atom is 0.274 e. The first-order valence-corrected chi connectivity index (χ1v) is 7.27. The van der Waals surface area contributed by atoms with E-state index in [2.05, 4.69) is 20.6 Å². The number of methoxy groups -OCH3 is 3. The highest BCUT2D eigenvalue weighted by molar-refractivity contribution is 6.03. The van der Waals surface area contributed by atoms with Crippen molar-refractivity contribution in [3.63, 3.8) is 0 Å². The fourth-order valence-corrected chi connectivity index (χ4v) is 1.92. The van der Waals surface area contributed by atoms with Crippen LogP contribution in [-0.4, -0.2) is 50.4 Å². The van der Waals surface area contributed by atoms with Gasteiger partial charge in [0.1, 0.15) is 17.2 Å². The Morgan fingerprint density at radius 1 is 1.17 bits per heavy atom. The number of rotatable bonds is 8. The van der Waals surface area contributed by atoms with Gasteiger partial charge in [-0.15, -0.1) is 0 Å². The number of nitrogens with one attached hydrogen (secondary N) is 2. The molecule has 0 saturated heterocycles. The lowest BCUT2D eigenvalue weighted by atomic mass is 10.2. The number of benzene rings is 1. The third kappa shape index (κ3) is 4.56. The topological polar surface area (TPSA) is 94.6 Å². The van der Waals surface area contributed by atoms with Crippen molar-refractivity contribution in [1.29, 1.82) is 0 Å². The van der Waals surface area contributed by atoms with E-state index in [1.165, 1.54) is 19.4 Å². The molecule has 0 bridgehead atoms. The van der Waals surface area contributed by atoms with E-state index in [0.29, 0.717) is 36.3 Å². The van der Waals surface area contributed by atoms with Gasteiger partial charge in [-0.25, -0.2) is 9.97 Å². The number of amides is 1. The second kappa shape index (κ2) is 8.68. The fourth-order valence-electron chi connectivity index (χ4n) is 1.92. The van der Waals surface area contributed by atoms with Crippen molar-refractivity contribution >= 4 is 17.5 Å². The minimum atomic E-state index is -0.365. The molecule has 0 unspecified atom stereocenters. The predicted molar refractivity (Wildman–Crippen MR) is 89.9 cm³/mol. The van der Waals surface area contributed by atoms with Crippen molar-refractivity contribution in [1.82, 2.24) is 9.97 Å². The Labute approximate surface area is 140 Å². The lowest BCUT2D eigenvalue weighted by molar-refractivity contribution is 0.102. The van der Waals surface area contributed by atoms with Crippen LogP contribution in [0.4, 0.5) is 11.6 Å². The van der Waals surface area contributed by atoms with Crippen molar-refractivity contribution in [2.45, 2.75) is 0 Å². The van der Waals surface area contributed by atoms with Gasteiger partial charge in [0, 0.05) is 25.9 Å². The molecular formula is C16H20N4O4. The van der Waals surface area contributed by atoms with E-state index in [1.54, 1.807) is 32.4 Å². The zero-order valence-electron chi connectivity index (χ0n) is 13.8. The first kappa shape index (κ1) is 17.5. The highest BCUT2D eigenvalue weighted by Crippen LogP contribution is 2.29. The van der Waals surface area contributed by atoms with E-state index in [0.717, 1.165) is 0 Å². The summed E-state index contributed by atoms with van der Waals surface area (Å²) in [6.07, 6.45) is 1.52. The molecule has 2 rings (SSSR count). The molecule has 0 fully saturated rings. The summed E-state index contributed by atoms with van der Waals surface area (Å²) >= 11 is 0. The zero-order valence-corrected chi connectivity index (χ0v) is 13.8. The van der Waals surface area contributed by atoms with Crippen LogP contribution in [0, 0.1) is 0 Å². The average Bonchev–Trinajstić information content (AvgIpc) is 2.62. The standard InChI is InChI=1S/C16H20N4O4/c1-22-9-8-18-16-17-7-6-13(20-16)15(21)19-12-5-4-11(23-2)10-14(12)24-3/h4-7,10H,8-9H2,1-3H3,(H,19,21)(H,17,18,20). The van der Waals surface area contributed by atoms with Crippen molar-refractivity contribution in [2.75, 3.05) is 45.1 Å². The molecule has 1 amide bonds. The molecule has 0 spiro atoms. The molecule has 1 aromatic carbocycles. The van der Waals surface area contributed by atoms with Crippen LogP contribution in [0.15, 0.2) is 30.5 Å². The number of carbonyl (C=O) groups excluding carboxylic acids is 1. The molecule has 2 aromatic rings. The molecule has 128 valence electrons. The molecule has 1 aromatic heterocycles. The van der Waals surface area contributed by atoms with E-state index in [4.69, 9.17) is 14.2 Å². The van der Waals surface area contributed by atoms with E-state index < -0.39 is 0 Å². The second-order valence-electron chi connectivity index (χ2n) is 4.71. The second-order valence-corrected chi connectivity index (χ2v) is 4.71. The Hall–Kier alpha value is -2.87. The summed E-state index contributed by atoms with van der Waals surface area (Å²) in [5.41, 5.74) is 0.763. The maximum atomic E-state index is 12.4. The van der Waals surface area contributed by atoms with Crippen LogP contribution in [0.3, 0.4) is 0 Å². The van der Waals surface area contributed by atoms with Crippen LogP contribution in [0.1, 0.15) is 10.5 Å². The molecule has 0 aliphatic carbocycles. The highest BCUT2D eigenvalue weighted by Gasteiger charge is 2.12. The van der Waals surface area contributed by atoms with Crippen LogP contribution in [0.25, 0.3) is 0 Å². The Bertz CT molecular complexity index is 694. The molecule has 0 saturated carbocycles. The summed E-state index contributed by atoms with van der Waals surface area (Å²) in [4.78, 5) is 20.6. The van der Waals surface area contributed by atoms with Crippen LogP contribution in [0.5, 0.6) is 11.5 Å². The van der Waals surface area contributed by atoms with E-state index >= 15 is 0 Å². The molecule has 1 heterocycles. The van der Waals surface area contributed by atoms with Gasteiger partial charge < -0.3 is 24.8 Å². The smallest absolute Gasteiger partial charge is 0.274 e. The van der Waals surface area contributed by atoms with E-state index in [9.17, 15) is 4.79 Å². The van der Waals surface area contributed by atoms with E-state index in [-0.39, 0.29) is 11.6 Å². The van der Waals surface area contributed by atoms with Crippen LogP contribution in [-0.2, 0) is 4.74 Å². The number of carbonyl (C=O) groups is 1. The fraction of sp³-hybridized carbons (Fsp3) is 0.312. The van der Waals surface area contributed by atoms with Gasteiger partial charge in [-0.2, -0.15) is 0 Å². The van der Waals surface area contributed by atoms with Gasteiger partial charge in [0.2, 0.25) is 5.95 Å². The summed E-state index contributed by atoms with van der Waals surface area (Å²) in [5.74, 6) is 1.13. The van der Waals surface area contributed by atoms with Crippen molar-refractivity contribution < 1.29 is 19.0 Å². The van der Waals surface area contributed by atoms with Crippen molar-refractivity contribution in [3.05, 3.63) is 36.2 Å². The van der Waals surface area contributed by atoms with Crippen molar-refractivity contribution in [3.8, 4) is 11.5 Å². The van der Waals surface area contributed by atoms with Crippen LogP contribution in [0.2, 0.25) is 0 Å². The van der Waals surface area contributed by atoms with Crippen molar-refractivity contribution in [2.24, 2.45) is 0 Å². The molecule has 8 heteroatoms. The van der Waals surface area contributed by atoms with Gasteiger partial charge in [0.15, 0.2) is 0 Å². The van der Waals surface area contributed by atoms with E-state index in [1.807, 2.05) is 0 Å². The number of aromatic nitrogens is 2. The number of nitrogens with zero attached hydrogens (tertiary/aromatic N) is 2. The highest BCUT2D eigenvalue weighted by atomic mass is 16.5. The molecular weight excluding hydrogens is 312 g/mol. The number of hydrogen-bond acceptors (Lipinski definition) is 7. The first-order chi connectivity index (χ1) is 11.7. The summed E-state index contributed by atoms with van der Waals surface area (Å²) in [7, 11) is 4.69. The Kier molecular flexibility index (Phi) is 6.32. The minimum Gasteiger partial charge on any atom is -0.497 e. The summed E-state index contributed by atoms with van der Waals surface area (Å²) in [6, 6.07) is 6.66. The average molecular weight is 332 g/mol. The molecule has 0 atom stereocenters. The largest absolute Gasteiger partial charge is 0.497 e. The Morgan fingerprint density at radius 3 is 2.71 bits per heavy atom. The lowest BCUT2D eigenvalue weighted by Crippen LogP contribution is -2.17. The maximum absolute atomic E-state index is 12.4. The summed E-state index contributed by atoms with van der Waals surface area (Å²) in [6.45, 7) is 1.07. The molecule has 2 N–H and O–H groups in total.